The van der Waals surface area contributed by atoms with E-state index in [9.17, 15) is 4.79 Å². The summed E-state index contributed by atoms with van der Waals surface area (Å²) in [5, 5.41) is 8.81. The third-order valence-electron chi connectivity index (χ3n) is 2.01. The number of rotatable bonds is 3. The summed E-state index contributed by atoms with van der Waals surface area (Å²) in [5.74, 6) is -0.634. The molecule has 1 rings (SSSR count). The van der Waals surface area contributed by atoms with Crippen LogP contribution in [0.15, 0.2) is 18.2 Å². The Morgan fingerprint density at radius 1 is 1.69 bits per heavy atom. The second-order valence-electron chi connectivity index (χ2n) is 3.14. The average molecular weight is 239 g/mol. The molecule has 1 aromatic rings. The lowest BCUT2D eigenvalue weighted by atomic mass is 10.2. The van der Waals surface area contributed by atoms with Crippen LogP contribution in [0.5, 0.6) is 0 Å². The van der Waals surface area contributed by atoms with Crippen molar-refractivity contribution < 1.29 is 9.53 Å². The maximum absolute atomic E-state index is 11.6. The summed E-state index contributed by atoms with van der Waals surface area (Å²) in [6.45, 7) is 1.75. The van der Waals surface area contributed by atoms with E-state index in [1.54, 1.807) is 19.1 Å². The first-order chi connectivity index (χ1) is 7.60. The number of nitrogens with zero attached hydrogens (tertiary/aromatic N) is 1. The second-order valence-corrected chi connectivity index (χ2v) is 3.52. The Labute approximate surface area is 98.6 Å². The predicted molar refractivity (Wildman–Crippen MR) is 61.0 cm³/mol. The fraction of sp³-hybridized carbons (Fsp3) is 0.273. The maximum Gasteiger partial charge on any atom is 0.341 e. The molecule has 84 valence electrons. The van der Waals surface area contributed by atoms with Crippen molar-refractivity contribution >= 4 is 23.3 Å². The molecule has 1 unspecified atom stereocenters. The largest absolute Gasteiger partial charge is 0.443 e. The van der Waals surface area contributed by atoms with Crippen LogP contribution in [0.1, 0.15) is 23.7 Å². The third-order valence-corrected chi connectivity index (χ3v) is 2.43. The van der Waals surface area contributed by atoms with Crippen LogP contribution in [-0.2, 0) is 4.74 Å². The number of hydrogen-bond acceptors (Lipinski definition) is 4. The molecule has 0 bridgehead atoms. The van der Waals surface area contributed by atoms with Gasteiger partial charge in [-0.15, -0.1) is 0 Å². The minimum Gasteiger partial charge on any atom is -0.443 e. The van der Waals surface area contributed by atoms with Crippen molar-refractivity contribution in [3.63, 3.8) is 0 Å². The van der Waals surface area contributed by atoms with Crippen LogP contribution in [0, 0.1) is 11.3 Å². The Morgan fingerprint density at radius 3 is 2.94 bits per heavy atom. The molecular weight excluding hydrogens is 228 g/mol. The molecular formula is C11H11ClN2O2. The van der Waals surface area contributed by atoms with Gasteiger partial charge in [0.15, 0.2) is 6.10 Å². The monoisotopic (exact) mass is 238 g/mol. The molecule has 0 saturated carbocycles. The molecule has 0 fully saturated rings. The minimum atomic E-state index is -0.759. The lowest BCUT2D eigenvalue weighted by Crippen LogP contribution is -2.16. The van der Waals surface area contributed by atoms with Gasteiger partial charge >= 0.3 is 5.97 Å². The van der Waals surface area contributed by atoms with Gasteiger partial charge in [0.05, 0.1) is 16.3 Å². The summed E-state index contributed by atoms with van der Waals surface area (Å²) in [4.78, 5) is 11.6. The van der Waals surface area contributed by atoms with Crippen molar-refractivity contribution in [1.82, 2.24) is 0 Å². The van der Waals surface area contributed by atoms with Crippen LogP contribution in [0.4, 0.5) is 5.69 Å². The molecule has 0 radical (unpaired) electrons. The zero-order chi connectivity index (χ0) is 12.1. The van der Waals surface area contributed by atoms with E-state index in [0.29, 0.717) is 12.1 Å². The highest BCUT2D eigenvalue weighted by Crippen LogP contribution is 2.24. The topological polar surface area (TPSA) is 76.1 Å². The molecule has 2 N–H and O–H groups in total. The molecule has 4 nitrogen and oxygen atoms in total. The van der Waals surface area contributed by atoms with Crippen LogP contribution >= 0.6 is 11.6 Å². The van der Waals surface area contributed by atoms with Gasteiger partial charge in [-0.2, -0.15) is 5.26 Å². The number of ether oxygens (including phenoxy) is 1. The number of halogens is 1. The standard InChI is InChI=1S/C11H11ClN2O2/c1-2-7(6-13)16-11(15)8-4-3-5-9(14)10(8)12/h3-5,7H,2,14H2,1H3. The molecule has 0 saturated heterocycles. The van der Waals surface area contributed by atoms with Gasteiger partial charge in [0.1, 0.15) is 6.07 Å². The minimum absolute atomic E-state index is 0.153. The Morgan fingerprint density at radius 2 is 2.38 bits per heavy atom. The Hall–Kier alpha value is -1.73. The third kappa shape index (κ3) is 2.65. The second kappa shape index (κ2) is 5.38. The first-order valence-corrected chi connectivity index (χ1v) is 5.12. The number of nitriles is 1. The predicted octanol–water partition coefficient (Wildman–Crippen LogP) is 2.38. The highest BCUT2D eigenvalue weighted by Gasteiger charge is 2.17. The molecule has 0 aromatic heterocycles. The number of anilines is 1. The van der Waals surface area contributed by atoms with Crippen LogP contribution in [0.2, 0.25) is 5.02 Å². The van der Waals surface area contributed by atoms with E-state index in [0.717, 1.165) is 0 Å². The summed E-state index contributed by atoms with van der Waals surface area (Å²) >= 11 is 5.85. The molecule has 0 amide bonds. The van der Waals surface area contributed by atoms with Gasteiger partial charge in [0.25, 0.3) is 0 Å². The molecule has 5 heteroatoms. The Bertz CT molecular complexity index is 440. The number of nitrogen functional groups attached to an aromatic ring is 1. The number of benzene rings is 1. The molecule has 16 heavy (non-hydrogen) atoms. The van der Waals surface area contributed by atoms with Crippen LogP contribution in [0.3, 0.4) is 0 Å². The van der Waals surface area contributed by atoms with Crippen molar-refractivity contribution in [2.24, 2.45) is 0 Å². The van der Waals surface area contributed by atoms with Gasteiger partial charge in [0, 0.05) is 0 Å². The van der Waals surface area contributed by atoms with Crippen molar-refractivity contribution in [2.45, 2.75) is 19.4 Å². The summed E-state index contributed by atoms with van der Waals surface area (Å²) in [5.41, 5.74) is 6.03. The smallest absolute Gasteiger partial charge is 0.341 e. The molecule has 1 aromatic carbocycles. The van der Waals surface area contributed by atoms with Crippen molar-refractivity contribution in [3.05, 3.63) is 28.8 Å². The Balaban J connectivity index is 2.90. The molecule has 0 aliphatic heterocycles. The molecule has 0 aliphatic carbocycles. The fourth-order valence-corrected chi connectivity index (χ4v) is 1.30. The quantitative estimate of drug-likeness (QED) is 0.648. The molecule has 0 spiro atoms. The van der Waals surface area contributed by atoms with Gasteiger partial charge in [-0.05, 0) is 18.6 Å². The van der Waals surface area contributed by atoms with Crippen LogP contribution < -0.4 is 5.73 Å². The van der Waals surface area contributed by atoms with Gasteiger partial charge in [-0.25, -0.2) is 4.79 Å². The zero-order valence-corrected chi connectivity index (χ0v) is 9.49. The highest BCUT2D eigenvalue weighted by molar-refractivity contribution is 6.36. The molecule has 0 aliphatic rings. The summed E-state index contributed by atoms with van der Waals surface area (Å²) < 4.78 is 4.93. The van der Waals surface area contributed by atoms with Gasteiger partial charge < -0.3 is 10.5 Å². The first kappa shape index (κ1) is 12.3. The normalized spacial score (nSPS) is 11.6. The van der Waals surface area contributed by atoms with E-state index in [4.69, 9.17) is 27.3 Å². The van der Waals surface area contributed by atoms with Gasteiger partial charge in [-0.1, -0.05) is 24.6 Å². The van der Waals surface area contributed by atoms with E-state index < -0.39 is 12.1 Å². The maximum atomic E-state index is 11.6. The molecule has 1 atom stereocenters. The van der Waals surface area contributed by atoms with Gasteiger partial charge in [-0.3, -0.25) is 0 Å². The van der Waals surface area contributed by atoms with E-state index in [1.165, 1.54) is 6.07 Å². The number of carbonyl (C=O) groups is 1. The van der Waals surface area contributed by atoms with Crippen LogP contribution in [-0.4, -0.2) is 12.1 Å². The van der Waals surface area contributed by atoms with Crippen molar-refractivity contribution in [1.29, 1.82) is 5.26 Å². The fourth-order valence-electron chi connectivity index (χ4n) is 1.10. The number of hydrogen-bond donors (Lipinski definition) is 1. The van der Waals surface area contributed by atoms with E-state index in [2.05, 4.69) is 0 Å². The van der Waals surface area contributed by atoms with Crippen LogP contribution in [0.25, 0.3) is 0 Å². The van der Waals surface area contributed by atoms with Gasteiger partial charge in [0.2, 0.25) is 0 Å². The SMILES string of the molecule is CCC(C#N)OC(=O)c1cccc(N)c1Cl. The summed E-state index contributed by atoms with van der Waals surface area (Å²) in [6, 6.07) is 6.56. The average Bonchev–Trinajstić information content (AvgIpc) is 2.29. The number of nitrogens with two attached hydrogens (primary N) is 1. The lowest BCUT2D eigenvalue weighted by molar-refractivity contribution is 0.0401. The van der Waals surface area contributed by atoms with Crippen molar-refractivity contribution in [3.8, 4) is 6.07 Å². The summed E-state index contributed by atoms with van der Waals surface area (Å²) in [6.07, 6.45) is -0.327. The van der Waals surface area contributed by atoms with E-state index in [1.807, 2.05) is 6.07 Å². The zero-order valence-electron chi connectivity index (χ0n) is 8.74. The number of esters is 1. The lowest BCUT2D eigenvalue weighted by Gasteiger charge is -2.10. The first-order valence-electron chi connectivity index (χ1n) is 4.74. The highest BCUT2D eigenvalue weighted by atomic mass is 35.5. The number of carbonyl (C=O) groups excluding carboxylic acids is 1. The summed E-state index contributed by atoms with van der Waals surface area (Å²) in [7, 11) is 0. The van der Waals surface area contributed by atoms with Crippen molar-refractivity contribution in [2.75, 3.05) is 5.73 Å². The molecule has 0 heterocycles. The Kier molecular flexibility index (Phi) is 4.15. The van der Waals surface area contributed by atoms with E-state index in [-0.39, 0.29) is 10.6 Å². The van der Waals surface area contributed by atoms with E-state index >= 15 is 0 Å².